The van der Waals surface area contributed by atoms with Crippen LogP contribution in [0.15, 0.2) is 24.3 Å². The predicted octanol–water partition coefficient (Wildman–Crippen LogP) is 2.45. The summed E-state index contributed by atoms with van der Waals surface area (Å²) in [5.74, 6) is -0.0534. The standard InChI is InChI=1S/C15H18ClNO3/c1-20-15(19)13-3-2-8-17(10-13)14(18)12-6-4-11(9-16)5-7-12/h4-7,13H,2-3,8-10H2,1H3. The van der Waals surface area contributed by atoms with Gasteiger partial charge < -0.3 is 9.64 Å². The average molecular weight is 296 g/mol. The van der Waals surface area contributed by atoms with Crippen LogP contribution in [-0.2, 0) is 15.4 Å². The Kier molecular flexibility index (Phi) is 5.01. The van der Waals surface area contributed by atoms with Crippen LogP contribution in [0.3, 0.4) is 0 Å². The lowest BCUT2D eigenvalue weighted by atomic mass is 9.97. The van der Waals surface area contributed by atoms with Gasteiger partial charge in [0.1, 0.15) is 0 Å². The second-order valence-electron chi connectivity index (χ2n) is 4.94. The van der Waals surface area contributed by atoms with Crippen LogP contribution in [0.25, 0.3) is 0 Å². The predicted molar refractivity (Wildman–Crippen MR) is 76.6 cm³/mol. The maximum atomic E-state index is 12.4. The van der Waals surface area contributed by atoms with Crippen molar-refractivity contribution in [3.63, 3.8) is 0 Å². The SMILES string of the molecule is COC(=O)C1CCCN(C(=O)c2ccc(CCl)cc2)C1. The first-order valence-electron chi connectivity index (χ1n) is 6.67. The molecule has 0 radical (unpaired) electrons. The number of likely N-dealkylation sites (tertiary alicyclic amines) is 1. The molecule has 1 saturated heterocycles. The fourth-order valence-corrected chi connectivity index (χ4v) is 2.62. The number of esters is 1. The van der Waals surface area contributed by atoms with Crippen LogP contribution in [0.1, 0.15) is 28.8 Å². The molecule has 1 heterocycles. The molecule has 0 N–H and O–H groups in total. The molecule has 1 unspecified atom stereocenters. The van der Waals surface area contributed by atoms with E-state index in [1.165, 1.54) is 7.11 Å². The Morgan fingerprint density at radius 3 is 2.65 bits per heavy atom. The molecule has 20 heavy (non-hydrogen) atoms. The molecule has 1 aliphatic heterocycles. The van der Waals surface area contributed by atoms with Crippen molar-refractivity contribution in [2.24, 2.45) is 5.92 Å². The number of alkyl halides is 1. The summed E-state index contributed by atoms with van der Waals surface area (Å²) in [5, 5.41) is 0. The zero-order valence-electron chi connectivity index (χ0n) is 11.5. The fourth-order valence-electron chi connectivity index (χ4n) is 2.44. The third-order valence-electron chi connectivity index (χ3n) is 3.60. The van der Waals surface area contributed by atoms with Crippen LogP contribution < -0.4 is 0 Å². The monoisotopic (exact) mass is 295 g/mol. The number of ether oxygens (including phenoxy) is 1. The molecule has 0 aromatic heterocycles. The highest BCUT2D eigenvalue weighted by Crippen LogP contribution is 2.20. The number of nitrogens with zero attached hydrogens (tertiary/aromatic N) is 1. The minimum atomic E-state index is -0.236. The van der Waals surface area contributed by atoms with Gasteiger partial charge in [-0.3, -0.25) is 9.59 Å². The van der Waals surface area contributed by atoms with Gasteiger partial charge >= 0.3 is 5.97 Å². The summed E-state index contributed by atoms with van der Waals surface area (Å²) < 4.78 is 4.76. The fraction of sp³-hybridized carbons (Fsp3) is 0.467. The third kappa shape index (κ3) is 3.31. The van der Waals surface area contributed by atoms with Gasteiger partial charge in [0.15, 0.2) is 0 Å². The summed E-state index contributed by atoms with van der Waals surface area (Å²) in [6.45, 7) is 1.12. The molecule has 1 aromatic carbocycles. The summed E-state index contributed by atoms with van der Waals surface area (Å²) in [4.78, 5) is 25.7. The van der Waals surface area contributed by atoms with Crippen molar-refractivity contribution in [2.45, 2.75) is 18.7 Å². The molecule has 4 nitrogen and oxygen atoms in total. The van der Waals surface area contributed by atoms with Gasteiger partial charge in [0.25, 0.3) is 5.91 Å². The number of benzene rings is 1. The van der Waals surface area contributed by atoms with E-state index in [0.29, 0.717) is 24.5 Å². The highest BCUT2D eigenvalue weighted by molar-refractivity contribution is 6.17. The lowest BCUT2D eigenvalue weighted by molar-refractivity contribution is -0.146. The van der Waals surface area contributed by atoms with E-state index in [1.807, 2.05) is 12.1 Å². The molecule has 108 valence electrons. The molecule has 0 spiro atoms. The molecule has 1 amide bonds. The minimum absolute atomic E-state index is 0.0419. The molecule has 1 atom stereocenters. The Hall–Kier alpha value is -1.55. The zero-order chi connectivity index (χ0) is 14.5. The highest BCUT2D eigenvalue weighted by atomic mass is 35.5. The van der Waals surface area contributed by atoms with E-state index in [0.717, 1.165) is 18.4 Å². The topological polar surface area (TPSA) is 46.6 Å². The summed E-state index contributed by atoms with van der Waals surface area (Å²) >= 11 is 5.73. The number of hydrogen-bond donors (Lipinski definition) is 0. The number of hydrogen-bond acceptors (Lipinski definition) is 3. The van der Waals surface area contributed by atoms with Crippen molar-refractivity contribution in [3.05, 3.63) is 35.4 Å². The largest absolute Gasteiger partial charge is 0.469 e. The number of piperidine rings is 1. The molecule has 5 heteroatoms. The molecular weight excluding hydrogens is 278 g/mol. The molecule has 1 aromatic rings. The molecular formula is C15H18ClNO3. The summed E-state index contributed by atoms with van der Waals surface area (Å²) in [6.07, 6.45) is 1.60. The van der Waals surface area contributed by atoms with Gasteiger partial charge in [-0.05, 0) is 30.5 Å². The number of carbonyl (C=O) groups is 2. The van der Waals surface area contributed by atoms with Crippen molar-refractivity contribution in [1.29, 1.82) is 0 Å². The van der Waals surface area contributed by atoms with Crippen LogP contribution in [0.2, 0.25) is 0 Å². The maximum absolute atomic E-state index is 12.4. The minimum Gasteiger partial charge on any atom is -0.469 e. The molecule has 0 saturated carbocycles. The number of methoxy groups -OCH3 is 1. The molecule has 1 aliphatic rings. The number of rotatable bonds is 3. The highest BCUT2D eigenvalue weighted by Gasteiger charge is 2.29. The first-order valence-corrected chi connectivity index (χ1v) is 7.21. The Bertz CT molecular complexity index is 486. The van der Waals surface area contributed by atoms with Crippen LogP contribution in [0, 0.1) is 5.92 Å². The summed E-state index contributed by atoms with van der Waals surface area (Å²) in [7, 11) is 1.38. The molecule has 1 fully saturated rings. The van der Waals surface area contributed by atoms with E-state index in [2.05, 4.69) is 0 Å². The second-order valence-corrected chi connectivity index (χ2v) is 5.21. The van der Waals surface area contributed by atoms with Gasteiger partial charge in [-0.2, -0.15) is 0 Å². The average Bonchev–Trinajstić information content (AvgIpc) is 2.53. The van der Waals surface area contributed by atoms with Crippen molar-refractivity contribution >= 4 is 23.5 Å². The van der Waals surface area contributed by atoms with Crippen molar-refractivity contribution in [1.82, 2.24) is 4.90 Å². The van der Waals surface area contributed by atoms with Crippen LogP contribution in [-0.4, -0.2) is 37.0 Å². The van der Waals surface area contributed by atoms with E-state index in [9.17, 15) is 9.59 Å². The second kappa shape index (κ2) is 6.75. The van der Waals surface area contributed by atoms with Gasteiger partial charge in [-0.25, -0.2) is 0 Å². The van der Waals surface area contributed by atoms with Crippen LogP contribution >= 0.6 is 11.6 Å². The van der Waals surface area contributed by atoms with Gasteiger partial charge in [0.05, 0.1) is 13.0 Å². The Balaban J connectivity index is 2.05. The lowest BCUT2D eigenvalue weighted by Crippen LogP contribution is -2.42. The van der Waals surface area contributed by atoms with Crippen molar-refractivity contribution < 1.29 is 14.3 Å². The first kappa shape index (κ1) is 14.9. The normalized spacial score (nSPS) is 18.7. The zero-order valence-corrected chi connectivity index (χ0v) is 12.2. The smallest absolute Gasteiger partial charge is 0.310 e. The Morgan fingerprint density at radius 2 is 2.05 bits per heavy atom. The van der Waals surface area contributed by atoms with E-state index >= 15 is 0 Å². The van der Waals surface area contributed by atoms with Gasteiger partial charge in [0, 0.05) is 24.5 Å². The van der Waals surface area contributed by atoms with E-state index in [-0.39, 0.29) is 17.8 Å². The number of halogens is 1. The van der Waals surface area contributed by atoms with E-state index in [1.54, 1.807) is 17.0 Å². The molecule has 2 rings (SSSR count). The van der Waals surface area contributed by atoms with Crippen molar-refractivity contribution in [3.8, 4) is 0 Å². The summed E-state index contributed by atoms with van der Waals surface area (Å²) in [5.41, 5.74) is 1.61. The molecule has 0 bridgehead atoms. The first-order chi connectivity index (χ1) is 9.65. The van der Waals surface area contributed by atoms with Crippen LogP contribution in [0.5, 0.6) is 0 Å². The summed E-state index contributed by atoms with van der Waals surface area (Å²) in [6, 6.07) is 7.26. The Morgan fingerprint density at radius 1 is 1.35 bits per heavy atom. The molecule has 0 aliphatic carbocycles. The van der Waals surface area contributed by atoms with Gasteiger partial charge in [-0.15, -0.1) is 11.6 Å². The van der Waals surface area contributed by atoms with Crippen LogP contribution in [0.4, 0.5) is 0 Å². The van der Waals surface area contributed by atoms with Crippen molar-refractivity contribution in [2.75, 3.05) is 20.2 Å². The van der Waals surface area contributed by atoms with Gasteiger partial charge in [-0.1, -0.05) is 12.1 Å². The quantitative estimate of drug-likeness (QED) is 0.636. The number of carbonyl (C=O) groups excluding carboxylic acids is 2. The van der Waals surface area contributed by atoms with E-state index < -0.39 is 0 Å². The third-order valence-corrected chi connectivity index (χ3v) is 3.91. The van der Waals surface area contributed by atoms with E-state index in [4.69, 9.17) is 16.3 Å². The maximum Gasteiger partial charge on any atom is 0.310 e. The van der Waals surface area contributed by atoms with Gasteiger partial charge in [0.2, 0.25) is 0 Å². The Labute approximate surface area is 123 Å². The lowest BCUT2D eigenvalue weighted by Gasteiger charge is -2.31. The number of amides is 1.